The van der Waals surface area contributed by atoms with E-state index in [-0.39, 0.29) is 0 Å². The zero-order valence-electron chi connectivity index (χ0n) is 36.5. The van der Waals surface area contributed by atoms with Gasteiger partial charge in [-0.15, -0.1) is 0 Å². The summed E-state index contributed by atoms with van der Waals surface area (Å²) in [5.74, 6) is 5.21. The molecular formula is C61H38N6O. The second-order valence-electron chi connectivity index (χ2n) is 17.0. The molecule has 0 amide bonds. The van der Waals surface area contributed by atoms with E-state index in [1.165, 1.54) is 0 Å². The lowest BCUT2D eigenvalue weighted by Gasteiger charge is -2.39. The van der Waals surface area contributed by atoms with E-state index in [1.807, 2.05) is 109 Å². The van der Waals surface area contributed by atoms with Crippen molar-refractivity contribution in [2.45, 2.75) is 5.41 Å². The van der Waals surface area contributed by atoms with Gasteiger partial charge in [-0.3, -0.25) is 0 Å². The lowest BCUT2D eigenvalue weighted by molar-refractivity contribution is 0.436. The Morgan fingerprint density at radius 1 is 0.235 bits per heavy atom. The van der Waals surface area contributed by atoms with Crippen LogP contribution in [0.1, 0.15) is 22.3 Å². The molecule has 0 N–H and O–H groups in total. The minimum absolute atomic E-state index is 0.578. The molecule has 13 rings (SSSR count). The summed E-state index contributed by atoms with van der Waals surface area (Å²) in [6.07, 6.45) is 0. The van der Waals surface area contributed by atoms with Crippen molar-refractivity contribution in [3.05, 3.63) is 253 Å². The van der Waals surface area contributed by atoms with Crippen molar-refractivity contribution in [1.82, 2.24) is 29.9 Å². The van der Waals surface area contributed by atoms with E-state index < -0.39 is 5.41 Å². The van der Waals surface area contributed by atoms with E-state index >= 15 is 0 Å². The zero-order valence-corrected chi connectivity index (χ0v) is 36.5. The number of hydrogen-bond donors (Lipinski definition) is 0. The van der Waals surface area contributed by atoms with Crippen LogP contribution in [0.5, 0.6) is 11.5 Å². The van der Waals surface area contributed by atoms with Gasteiger partial charge >= 0.3 is 0 Å². The third-order valence-corrected chi connectivity index (χ3v) is 13.1. The third kappa shape index (κ3) is 6.51. The molecule has 318 valence electrons. The predicted molar refractivity (Wildman–Crippen MR) is 269 cm³/mol. The van der Waals surface area contributed by atoms with Crippen molar-refractivity contribution in [2.24, 2.45) is 0 Å². The Morgan fingerprint density at radius 2 is 0.618 bits per heavy atom. The highest BCUT2D eigenvalue weighted by Crippen LogP contribution is 2.62. The van der Waals surface area contributed by atoms with E-state index in [9.17, 15) is 0 Å². The van der Waals surface area contributed by atoms with Crippen LogP contribution >= 0.6 is 0 Å². The predicted octanol–water partition coefficient (Wildman–Crippen LogP) is 14.2. The van der Waals surface area contributed by atoms with Gasteiger partial charge in [0.2, 0.25) is 0 Å². The quantitative estimate of drug-likeness (QED) is 0.158. The number of benzene rings is 9. The average Bonchev–Trinajstić information content (AvgIpc) is 3.70. The fourth-order valence-corrected chi connectivity index (χ4v) is 9.94. The van der Waals surface area contributed by atoms with Crippen LogP contribution in [-0.2, 0) is 5.41 Å². The lowest BCUT2D eigenvalue weighted by Crippen LogP contribution is -2.32. The summed E-state index contributed by atoms with van der Waals surface area (Å²) < 4.78 is 6.72. The van der Waals surface area contributed by atoms with Gasteiger partial charge in [0.05, 0.1) is 5.41 Å². The van der Waals surface area contributed by atoms with E-state index in [2.05, 4.69) is 121 Å². The van der Waals surface area contributed by atoms with Gasteiger partial charge in [-0.25, -0.2) is 29.9 Å². The number of rotatable bonds is 7. The fourth-order valence-electron chi connectivity index (χ4n) is 9.94. The number of ether oxygens (including phenoxy) is 1. The first kappa shape index (κ1) is 39.2. The van der Waals surface area contributed by atoms with Gasteiger partial charge < -0.3 is 4.74 Å². The summed E-state index contributed by atoms with van der Waals surface area (Å²) in [6, 6.07) is 79.2. The topological polar surface area (TPSA) is 86.6 Å². The van der Waals surface area contributed by atoms with E-state index in [4.69, 9.17) is 34.6 Å². The number of fused-ring (bicyclic) bond motifs is 9. The van der Waals surface area contributed by atoms with E-state index in [0.29, 0.717) is 34.9 Å². The summed E-state index contributed by atoms with van der Waals surface area (Å²) >= 11 is 0. The summed E-state index contributed by atoms with van der Waals surface area (Å²) in [5.41, 5.74) is 13.4. The number of aromatic nitrogens is 6. The largest absolute Gasteiger partial charge is 0.457 e. The molecule has 0 radical (unpaired) electrons. The lowest BCUT2D eigenvalue weighted by atomic mass is 9.66. The van der Waals surface area contributed by atoms with E-state index in [1.54, 1.807) is 0 Å². The second-order valence-corrected chi connectivity index (χ2v) is 17.0. The smallest absolute Gasteiger partial charge is 0.164 e. The van der Waals surface area contributed by atoms with Crippen LogP contribution in [0.4, 0.5) is 0 Å². The van der Waals surface area contributed by atoms with E-state index in [0.717, 1.165) is 89.4 Å². The normalized spacial score (nSPS) is 12.6. The minimum Gasteiger partial charge on any atom is -0.457 e. The third-order valence-electron chi connectivity index (χ3n) is 13.1. The molecular weight excluding hydrogens is 833 g/mol. The van der Waals surface area contributed by atoms with Gasteiger partial charge in [0.15, 0.2) is 34.9 Å². The number of hydrogen-bond acceptors (Lipinski definition) is 7. The van der Waals surface area contributed by atoms with Crippen LogP contribution in [0, 0.1) is 0 Å². The summed E-state index contributed by atoms with van der Waals surface area (Å²) in [7, 11) is 0. The molecule has 11 aromatic rings. The van der Waals surface area contributed by atoms with Crippen LogP contribution in [0.25, 0.3) is 90.6 Å². The highest BCUT2D eigenvalue weighted by Gasteiger charge is 2.51. The Hall–Kier alpha value is -9.20. The van der Waals surface area contributed by atoms with Gasteiger partial charge in [-0.05, 0) is 63.7 Å². The molecule has 2 aromatic heterocycles. The van der Waals surface area contributed by atoms with Crippen molar-refractivity contribution in [3.8, 4) is 102 Å². The number of para-hydroxylation sites is 2. The van der Waals surface area contributed by atoms with Crippen molar-refractivity contribution >= 4 is 0 Å². The maximum absolute atomic E-state index is 6.72. The van der Waals surface area contributed by atoms with Gasteiger partial charge in [0.25, 0.3) is 0 Å². The maximum Gasteiger partial charge on any atom is 0.164 e. The summed E-state index contributed by atoms with van der Waals surface area (Å²) in [6.45, 7) is 0. The molecule has 1 aliphatic carbocycles. The molecule has 0 fully saturated rings. The first-order valence-corrected chi connectivity index (χ1v) is 22.7. The highest BCUT2D eigenvalue weighted by molar-refractivity contribution is 5.92. The van der Waals surface area contributed by atoms with Crippen LogP contribution < -0.4 is 4.74 Å². The van der Waals surface area contributed by atoms with Crippen molar-refractivity contribution in [1.29, 1.82) is 0 Å². The molecule has 2 aliphatic rings. The van der Waals surface area contributed by atoms with Crippen LogP contribution in [0.15, 0.2) is 231 Å². The van der Waals surface area contributed by atoms with Crippen molar-refractivity contribution < 1.29 is 4.74 Å². The molecule has 7 heteroatoms. The molecule has 1 aliphatic heterocycles. The molecule has 0 unspecified atom stereocenters. The molecule has 0 saturated carbocycles. The Kier molecular flexibility index (Phi) is 9.25. The standard InChI is InChI=1S/C61H38N6O/c1-5-18-39(19-6-1)43-26-17-27-44(36-43)58-63-57(42-24-11-4-12-25-42)66-60(67-58)46-32-34-47-48-37-45(59-64-55(40-20-7-2-8-21-40)62-56(65-59)41-22-9-3-10-23-41)33-35-49(48)61(52(47)38-46)50-28-13-15-30-53(50)68-54-31-16-14-29-51(54)61/h1-38H. The number of nitrogens with zero attached hydrogens (tertiary/aromatic N) is 6. The van der Waals surface area contributed by atoms with Crippen LogP contribution in [0.2, 0.25) is 0 Å². The average molecular weight is 871 g/mol. The molecule has 9 aromatic carbocycles. The molecule has 0 saturated heterocycles. The molecule has 7 nitrogen and oxygen atoms in total. The Bertz CT molecular complexity index is 3610. The molecule has 0 atom stereocenters. The molecule has 3 heterocycles. The second kappa shape index (κ2) is 16.0. The Balaban J connectivity index is 1.03. The fraction of sp³-hybridized carbons (Fsp3) is 0.0164. The van der Waals surface area contributed by atoms with Crippen LogP contribution in [0.3, 0.4) is 0 Å². The minimum atomic E-state index is -0.754. The van der Waals surface area contributed by atoms with Gasteiger partial charge in [-0.1, -0.05) is 200 Å². The first-order valence-electron chi connectivity index (χ1n) is 22.7. The maximum atomic E-state index is 6.72. The monoisotopic (exact) mass is 870 g/mol. The van der Waals surface area contributed by atoms with Gasteiger partial charge in [0.1, 0.15) is 11.5 Å². The van der Waals surface area contributed by atoms with Gasteiger partial charge in [-0.2, -0.15) is 0 Å². The zero-order chi connectivity index (χ0) is 45.0. The molecule has 0 bridgehead atoms. The van der Waals surface area contributed by atoms with Crippen molar-refractivity contribution in [2.75, 3.05) is 0 Å². The van der Waals surface area contributed by atoms with Crippen molar-refractivity contribution in [3.63, 3.8) is 0 Å². The molecule has 68 heavy (non-hydrogen) atoms. The van der Waals surface area contributed by atoms with Gasteiger partial charge in [0, 0.05) is 44.5 Å². The SMILES string of the molecule is c1ccc(-c2cccc(-c3nc(-c4ccccc4)nc(-c4ccc5c(c4)C4(c6ccccc6Oc6ccccc64)c4ccc(-c6nc(-c7ccccc7)nc(-c7ccccc7)n6)cc4-5)n3)c2)cc1. The highest BCUT2D eigenvalue weighted by atomic mass is 16.5. The molecule has 1 spiro atoms. The Morgan fingerprint density at radius 3 is 1.13 bits per heavy atom. The summed E-state index contributed by atoms with van der Waals surface area (Å²) in [5, 5.41) is 0. The Labute approximate surface area is 393 Å². The summed E-state index contributed by atoms with van der Waals surface area (Å²) in [4.78, 5) is 30.9. The van der Waals surface area contributed by atoms with Crippen LogP contribution in [-0.4, -0.2) is 29.9 Å². The first-order chi connectivity index (χ1) is 33.7.